The molecule has 0 fully saturated rings. The Balaban J connectivity index is 1.52. The van der Waals surface area contributed by atoms with Gasteiger partial charge in [-0.1, -0.05) is 12.1 Å². The van der Waals surface area contributed by atoms with Gasteiger partial charge < -0.3 is 15.1 Å². The first-order valence-corrected chi connectivity index (χ1v) is 8.52. The maximum atomic E-state index is 14.2. The molecule has 2 aromatic heterocycles. The van der Waals surface area contributed by atoms with Crippen molar-refractivity contribution < 1.29 is 18.0 Å². The third kappa shape index (κ3) is 3.55. The number of carbonyl (C=O) groups is 1. The average Bonchev–Trinajstić information content (AvgIpc) is 3.24. The highest BCUT2D eigenvalue weighted by Gasteiger charge is 2.12. The lowest BCUT2D eigenvalue weighted by Gasteiger charge is -2.11. The van der Waals surface area contributed by atoms with Crippen LogP contribution in [0.5, 0.6) is 0 Å². The molecule has 0 bridgehead atoms. The number of hydrogen-bond donors (Lipinski definition) is 2. The van der Waals surface area contributed by atoms with Crippen molar-refractivity contribution in [2.45, 2.75) is 6.54 Å². The molecule has 0 unspecified atom stereocenters. The zero-order valence-electron chi connectivity index (χ0n) is 14.6. The number of amides is 1. The van der Waals surface area contributed by atoms with Crippen LogP contribution in [0.2, 0.25) is 0 Å². The first-order chi connectivity index (χ1) is 13.6. The summed E-state index contributed by atoms with van der Waals surface area (Å²) in [6, 6.07) is 14.1. The largest absolute Gasteiger partial charge is 0.459 e. The summed E-state index contributed by atoms with van der Waals surface area (Å²) in [5.74, 6) is -1.27. The van der Waals surface area contributed by atoms with Crippen LogP contribution in [-0.2, 0) is 6.54 Å². The fourth-order valence-electron chi connectivity index (χ4n) is 2.90. The van der Waals surface area contributed by atoms with Gasteiger partial charge in [0.25, 0.3) is 5.91 Å². The topological polar surface area (TPSA) is 67.2 Å². The van der Waals surface area contributed by atoms with Gasteiger partial charge in [-0.3, -0.25) is 9.78 Å². The predicted molar refractivity (Wildman–Crippen MR) is 102 cm³/mol. The number of carbonyl (C=O) groups excluding carboxylic acids is 1. The van der Waals surface area contributed by atoms with Crippen LogP contribution in [-0.4, -0.2) is 10.9 Å². The van der Waals surface area contributed by atoms with Crippen LogP contribution in [0.15, 0.2) is 71.5 Å². The van der Waals surface area contributed by atoms with Crippen molar-refractivity contribution in [3.8, 4) is 0 Å². The van der Waals surface area contributed by atoms with E-state index in [-0.39, 0.29) is 22.6 Å². The first kappa shape index (κ1) is 17.7. The molecule has 2 N–H and O–H groups in total. The van der Waals surface area contributed by atoms with Crippen LogP contribution in [0.3, 0.4) is 0 Å². The summed E-state index contributed by atoms with van der Waals surface area (Å²) >= 11 is 0. The van der Waals surface area contributed by atoms with Gasteiger partial charge in [-0.2, -0.15) is 0 Å². The third-order valence-corrected chi connectivity index (χ3v) is 4.20. The van der Waals surface area contributed by atoms with E-state index in [2.05, 4.69) is 15.6 Å². The molecule has 4 rings (SSSR count). The summed E-state index contributed by atoms with van der Waals surface area (Å²) in [4.78, 5) is 16.0. The van der Waals surface area contributed by atoms with Gasteiger partial charge in [0, 0.05) is 24.1 Å². The minimum absolute atomic E-state index is 0.0236. The van der Waals surface area contributed by atoms with Gasteiger partial charge in [0.15, 0.2) is 5.76 Å². The molecule has 0 saturated carbocycles. The van der Waals surface area contributed by atoms with E-state index < -0.39 is 11.6 Å². The number of anilines is 2. The van der Waals surface area contributed by atoms with Crippen LogP contribution >= 0.6 is 0 Å². The number of nitrogens with one attached hydrogen (secondary N) is 2. The molecule has 0 aliphatic rings. The summed E-state index contributed by atoms with van der Waals surface area (Å²) in [6.45, 7) is 0.347. The molecule has 28 heavy (non-hydrogen) atoms. The van der Waals surface area contributed by atoms with E-state index in [0.717, 1.165) is 17.7 Å². The zero-order valence-corrected chi connectivity index (χ0v) is 14.6. The molecule has 2 heterocycles. The SMILES string of the molecule is O=C(Nc1cccc(CNc2ccnc3c(F)ccc(F)c23)c1)c1ccco1. The van der Waals surface area contributed by atoms with E-state index in [9.17, 15) is 13.6 Å². The number of furan rings is 1. The number of pyridine rings is 1. The molecule has 0 aliphatic heterocycles. The summed E-state index contributed by atoms with van der Waals surface area (Å²) < 4.78 is 33.2. The van der Waals surface area contributed by atoms with Crippen molar-refractivity contribution >= 4 is 28.2 Å². The first-order valence-electron chi connectivity index (χ1n) is 8.52. The number of hydrogen-bond acceptors (Lipinski definition) is 4. The summed E-state index contributed by atoms with van der Waals surface area (Å²) in [5.41, 5.74) is 1.85. The molecule has 7 heteroatoms. The molecule has 140 valence electrons. The van der Waals surface area contributed by atoms with Crippen molar-refractivity contribution in [2.75, 3.05) is 10.6 Å². The highest BCUT2D eigenvalue weighted by Crippen LogP contribution is 2.27. The Morgan fingerprint density at radius 1 is 1.04 bits per heavy atom. The van der Waals surface area contributed by atoms with E-state index in [1.54, 1.807) is 36.4 Å². The molecular formula is C21H15F2N3O2. The van der Waals surface area contributed by atoms with Gasteiger partial charge in [-0.05, 0) is 48.0 Å². The molecule has 1 amide bonds. The van der Waals surface area contributed by atoms with E-state index in [1.165, 1.54) is 12.5 Å². The number of halogens is 2. The van der Waals surface area contributed by atoms with Gasteiger partial charge in [0.1, 0.15) is 17.2 Å². The second kappa shape index (κ2) is 7.48. The van der Waals surface area contributed by atoms with Crippen LogP contribution in [0.4, 0.5) is 20.2 Å². The second-order valence-corrected chi connectivity index (χ2v) is 6.10. The fraction of sp³-hybridized carbons (Fsp3) is 0.0476. The highest BCUT2D eigenvalue weighted by molar-refractivity contribution is 6.02. The monoisotopic (exact) mass is 379 g/mol. The van der Waals surface area contributed by atoms with Gasteiger partial charge in [0.2, 0.25) is 0 Å². The van der Waals surface area contributed by atoms with Crippen LogP contribution in [0.1, 0.15) is 16.1 Å². The van der Waals surface area contributed by atoms with Gasteiger partial charge >= 0.3 is 0 Å². The Kier molecular flexibility index (Phi) is 4.72. The number of fused-ring (bicyclic) bond motifs is 1. The molecule has 0 radical (unpaired) electrons. The quantitative estimate of drug-likeness (QED) is 0.514. The average molecular weight is 379 g/mol. The number of benzene rings is 2. The number of aromatic nitrogens is 1. The van der Waals surface area contributed by atoms with Crippen molar-refractivity contribution in [2.24, 2.45) is 0 Å². The number of rotatable bonds is 5. The van der Waals surface area contributed by atoms with Crippen molar-refractivity contribution in [1.29, 1.82) is 0 Å². The van der Waals surface area contributed by atoms with E-state index >= 15 is 0 Å². The molecule has 4 aromatic rings. The van der Waals surface area contributed by atoms with Crippen LogP contribution in [0, 0.1) is 11.6 Å². The van der Waals surface area contributed by atoms with E-state index in [4.69, 9.17) is 4.42 Å². The minimum atomic E-state index is -0.581. The van der Waals surface area contributed by atoms with E-state index in [1.807, 2.05) is 6.07 Å². The number of nitrogens with zero attached hydrogens (tertiary/aromatic N) is 1. The lowest BCUT2D eigenvalue weighted by molar-refractivity contribution is 0.0996. The Morgan fingerprint density at radius 3 is 2.71 bits per heavy atom. The summed E-state index contributed by atoms with van der Waals surface area (Å²) in [7, 11) is 0. The predicted octanol–water partition coefficient (Wildman–Crippen LogP) is 4.97. The van der Waals surface area contributed by atoms with Crippen molar-refractivity contribution in [1.82, 2.24) is 4.98 Å². The highest BCUT2D eigenvalue weighted by atomic mass is 19.1. The molecule has 0 saturated heterocycles. The molecule has 0 spiro atoms. The molecular weight excluding hydrogens is 364 g/mol. The van der Waals surface area contributed by atoms with E-state index in [0.29, 0.717) is 17.9 Å². The Bertz CT molecular complexity index is 1140. The zero-order chi connectivity index (χ0) is 19.5. The van der Waals surface area contributed by atoms with Crippen LogP contribution < -0.4 is 10.6 Å². The van der Waals surface area contributed by atoms with Gasteiger partial charge in [-0.15, -0.1) is 0 Å². The standard InChI is InChI=1S/C21H15F2N3O2/c22-15-6-7-16(23)20-19(15)17(8-9-24-20)25-12-13-3-1-4-14(11-13)26-21(27)18-5-2-10-28-18/h1-11H,12H2,(H,24,25)(H,26,27). The molecule has 0 aliphatic carbocycles. The Hall–Kier alpha value is -3.74. The lowest BCUT2D eigenvalue weighted by Crippen LogP contribution is -2.11. The lowest BCUT2D eigenvalue weighted by atomic mass is 10.1. The van der Waals surface area contributed by atoms with Gasteiger partial charge in [0.05, 0.1) is 11.6 Å². The minimum Gasteiger partial charge on any atom is -0.459 e. The third-order valence-electron chi connectivity index (χ3n) is 4.20. The second-order valence-electron chi connectivity index (χ2n) is 6.10. The van der Waals surface area contributed by atoms with Crippen molar-refractivity contribution in [3.63, 3.8) is 0 Å². The normalized spacial score (nSPS) is 10.8. The molecule has 5 nitrogen and oxygen atoms in total. The summed E-state index contributed by atoms with van der Waals surface area (Å²) in [6.07, 6.45) is 2.85. The molecule has 2 aromatic carbocycles. The fourth-order valence-corrected chi connectivity index (χ4v) is 2.90. The van der Waals surface area contributed by atoms with Crippen LogP contribution in [0.25, 0.3) is 10.9 Å². The maximum Gasteiger partial charge on any atom is 0.291 e. The molecule has 0 atom stereocenters. The smallest absolute Gasteiger partial charge is 0.291 e. The summed E-state index contributed by atoms with van der Waals surface area (Å²) in [5, 5.41) is 5.95. The Morgan fingerprint density at radius 2 is 1.89 bits per heavy atom. The van der Waals surface area contributed by atoms with Gasteiger partial charge in [-0.25, -0.2) is 8.78 Å². The maximum absolute atomic E-state index is 14.2. The Labute approximate surface area is 159 Å². The van der Waals surface area contributed by atoms with Crippen molar-refractivity contribution in [3.05, 3.63) is 90.0 Å².